The summed E-state index contributed by atoms with van der Waals surface area (Å²) in [5.41, 5.74) is 0. The molecule has 1 fully saturated rings. The molecule has 1 aliphatic carbocycles. The van der Waals surface area contributed by atoms with Gasteiger partial charge in [0.1, 0.15) is 0 Å². The van der Waals surface area contributed by atoms with Crippen molar-refractivity contribution in [2.24, 2.45) is 5.92 Å². The molecular weight excluding hydrogens is 168 g/mol. The Morgan fingerprint density at radius 3 is 1.92 bits per heavy atom. The van der Waals surface area contributed by atoms with E-state index in [1.165, 1.54) is 32.1 Å². The second-order valence-corrected chi connectivity index (χ2v) is 3.66. The van der Waals surface area contributed by atoms with E-state index in [2.05, 4.69) is 0 Å². The van der Waals surface area contributed by atoms with Crippen LogP contribution in [0.2, 0.25) is 0 Å². The van der Waals surface area contributed by atoms with Gasteiger partial charge in [0.25, 0.3) is 5.97 Å². The average molecular weight is 188 g/mol. The molecule has 3 heteroatoms. The van der Waals surface area contributed by atoms with Gasteiger partial charge < -0.3 is 10.2 Å². The number of hydrogen-bond acceptors (Lipinski definition) is 2. The maximum atomic E-state index is 9.18. The third-order valence-corrected chi connectivity index (χ3v) is 2.33. The Morgan fingerprint density at radius 1 is 1.31 bits per heavy atom. The van der Waals surface area contributed by atoms with E-state index in [4.69, 9.17) is 9.90 Å². The quantitative estimate of drug-likeness (QED) is 0.662. The molecule has 2 N–H and O–H groups in total. The van der Waals surface area contributed by atoms with Crippen LogP contribution in [0.25, 0.3) is 0 Å². The highest BCUT2D eigenvalue weighted by Crippen LogP contribution is 2.25. The fourth-order valence-corrected chi connectivity index (χ4v) is 1.62. The maximum absolute atomic E-state index is 9.18. The predicted octanol–water partition coefficient (Wildman–Crippen LogP) is 2.04. The van der Waals surface area contributed by atoms with Crippen LogP contribution >= 0.6 is 0 Å². The van der Waals surface area contributed by atoms with Crippen LogP contribution in [0.4, 0.5) is 0 Å². The number of carboxylic acids is 1. The number of carbonyl (C=O) groups is 1. The standard InChI is InChI=1S/C8H16O.C2H4O2/c1-7(9)8-5-3-2-4-6-8;1-2(3)4/h7-9H,2-6H2,1H3;1H3,(H,3,4). The van der Waals surface area contributed by atoms with Gasteiger partial charge in [-0.2, -0.15) is 0 Å². The fourth-order valence-electron chi connectivity index (χ4n) is 1.62. The molecule has 1 saturated carbocycles. The molecule has 0 aliphatic heterocycles. The molecule has 1 atom stereocenters. The Bertz CT molecular complexity index is 133. The molecule has 0 bridgehead atoms. The number of aliphatic hydroxyl groups is 1. The Morgan fingerprint density at radius 2 is 1.69 bits per heavy atom. The van der Waals surface area contributed by atoms with E-state index in [0.717, 1.165) is 6.92 Å². The van der Waals surface area contributed by atoms with Crippen molar-refractivity contribution in [3.8, 4) is 0 Å². The monoisotopic (exact) mass is 188 g/mol. The second-order valence-electron chi connectivity index (χ2n) is 3.66. The van der Waals surface area contributed by atoms with Gasteiger partial charge >= 0.3 is 0 Å². The normalized spacial score (nSPS) is 19.9. The van der Waals surface area contributed by atoms with Crippen LogP contribution in [0, 0.1) is 5.92 Å². The van der Waals surface area contributed by atoms with Gasteiger partial charge in [0.05, 0.1) is 6.10 Å². The highest BCUT2D eigenvalue weighted by Gasteiger charge is 2.17. The number of hydrogen-bond donors (Lipinski definition) is 2. The van der Waals surface area contributed by atoms with Crippen molar-refractivity contribution in [1.82, 2.24) is 0 Å². The number of aliphatic carboxylic acids is 1. The Balaban J connectivity index is 0.000000310. The molecule has 1 unspecified atom stereocenters. The zero-order valence-corrected chi connectivity index (χ0v) is 8.49. The molecule has 0 aromatic heterocycles. The molecule has 1 rings (SSSR count). The van der Waals surface area contributed by atoms with Crippen molar-refractivity contribution in [2.75, 3.05) is 0 Å². The summed E-state index contributed by atoms with van der Waals surface area (Å²) in [7, 11) is 0. The summed E-state index contributed by atoms with van der Waals surface area (Å²) in [6.07, 6.45) is 6.47. The fraction of sp³-hybridized carbons (Fsp3) is 0.900. The predicted molar refractivity (Wildman–Crippen MR) is 51.6 cm³/mol. The molecule has 0 saturated heterocycles. The lowest BCUT2D eigenvalue weighted by atomic mass is 9.86. The van der Waals surface area contributed by atoms with Crippen LogP contribution in [0.3, 0.4) is 0 Å². The van der Waals surface area contributed by atoms with Gasteiger partial charge in [0.15, 0.2) is 0 Å². The summed E-state index contributed by atoms with van der Waals surface area (Å²) in [6.45, 7) is 3.00. The summed E-state index contributed by atoms with van der Waals surface area (Å²) >= 11 is 0. The van der Waals surface area contributed by atoms with Gasteiger partial charge in [-0.05, 0) is 25.7 Å². The lowest BCUT2D eigenvalue weighted by molar-refractivity contribution is -0.134. The largest absolute Gasteiger partial charge is 0.481 e. The van der Waals surface area contributed by atoms with E-state index in [0.29, 0.717) is 5.92 Å². The average Bonchev–Trinajstić information content (AvgIpc) is 2.05. The molecule has 0 aromatic rings. The summed E-state index contributed by atoms with van der Waals surface area (Å²) in [5.74, 6) is -0.223. The van der Waals surface area contributed by atoms with Crippen molar-refractivity contribution in [1.29, 1.82) is 0 Å². The van der Waals surface area contributed by atoms with Gasteiger partial charge in [0.2, 0.25) is 0 Å². The minimum atomic E-state index is -0.833. The molecule has 1 aliphatic rings. The van der Waals surface area contributed by atoms with Crippen LogP contribution in [0.15, 0.2) is 0 Å². The molecule has 0 spiro atoms. The van der Waals surface area contributed by atoms with Crippen molar-refractivity contribution >= 4 is 5.97 Å². The second kappa shape index (κ2) is 6.89. The molecule has 13 heavy (non-hydrogen) atoms. The van der Waals surface area contributed by atoms with Gasteiger partial charge in [-0.1, -0.05) is 19.3 Å². The molecular formula is C10H20O3. The van der Waals surface area contributed by atoms with Crippen LogP contribution in [-0.4, -0.2) is 22.3 Å². The van der Waals surface area contributed by atoms with Crippen molar-refractivity contribution in [2.45, 2.75) is 52.1 Å². The minimum Gasteiger partial charge on any atom is -0.481 e. The zero-order valence-electron chi connectivity index (χ0n) is 8.49. The maximum Gasteiger partial charge on any atom is 0.300 e. The van der Waals surface area contributed by atoms with Crippen LogP contribution in [0.5, 0.6) is 0 Å². The molecule has 78 valence electrons. The van der Waals surface area contributed by atoms with E-state index in [-0.39, 0.29) is 6.10 Å². The first kappa shape index (κ1) is 12.4. The molecule has 3 nitrogen and oxygen atoms in total. The first-order chi connectivity index (χ1) is 6.04. The van der Waals surface area contributed by atoms with Crippen molar-refractivity contribution < 1.29 is 15.0 Å². The highest BCUT2D eigenvalue weighted by molar-refractivity contribution is 5.62. The lowest BCUT2D eigenvalue weighted by Crippen LogP contribution is -2.19. The zero-order chi connectivity index (χ0) is 10.3. The van der Waals surface area contributed by atoms with Crippen molar-refractivity contribution in [3.05, 3.63) is 0 Å². The van der Waals surface area contributed by atoms with E-state index in [1.807, 2.05) is 6.92 Å². The van der Waals surface area contributed by atoms with Crippen LogP contribution in [0.1, 0.15) is 46.0 Å². The first-order valence-electron chi connectivity index (χ1n) is 4.91. The first-order valence-corrected chi connectivity index (χ1v) is 4.91. The summed E-state index contributed by atoms with van der Waals surface area (Å²) < 4.78 is 0. The van der Waals surface area contributed by atoms with Crippen molar-refractivity contribution in [3.63, 3.8) is 0 Å². The topological polar surface area (TPSA) is 57.5 Å². The molecule has 0 radical (unpaired) electrons. The lowest BCUT2D eigenvalue weighted by Gasteiger charge is -2.23. The third-order valence-electron chi connectivity index (χ3n) is 2.33. The molecule has 0 amide bonds. The SMILES string of the molecule is CC(=O)O.CC(O)C1CCCCC1. The van der Waals surface area contributed by atoms with E-state index in [9.17, 15) is 5.11 Å². The number of aliphatic hydroxyl groups excluding tert-OH is 1. The van der Waals surface area contributed by atoms with E-state index in [1.54, 1.807) is 0 Å². The molecule has 0 heterocycles. The van der Waals surface area contributed by atoms with Gasteiger partial charge in [0, 0.05) is 6.92 Å². The Labute approximate surface area is 79.8 Å². The van der Waals surface area contributed by atoms with Gasteiger partial charge in [-0.15, -0.1) is 0 Å². The molecule has 0 aromatic carbocycles. The van der Waals surface area contributed by atoms with Crippen LogP contribution < -0.4 is 0 Å². The summed E-state index contributed by atoms with van der Waals surface area (Å²) in [6, 6.07) is 0. The Hall–Kier alpha value is -0.570. The third kappa shape index (κ3) is 7.78. The highest BCUT2D eigenvalue weighted by atomic mass is 16.4. The minimum absolute atomic E-state index is 0.0645. The van der Waals surface area contributed by atoms with Gasteiger partial charge in [-0.25, -0.2) is 0 Å². The van der Waals surface area contributed by atoms with Crippen LogP contribution in [-0.2, 0) is 4.79 Å². The Kier molecular flexibility index (Phi) is 6.59. The number of rotatable bonds is 1. The van der Waals surface area contributed by atoms with Gasteiger partial charge in [-0.3, -0.25) is 4.79 Å². The number of carboxylic acid groups (broad SMARTS) is 1. The van der Waals surface area contributed by atoms with E-state index >= 15 is 0 Å². The van der Waals surface area contributed by atoms with E-state index < -0.39 is 5.97 Å². The summed E-state index contributed by atoms with van der Waals surface area (Å²) in [5, 5.41) is 16.6. The summed E-state index contributed by atoms with van der Waals surface area (Å²) in [4.78, 5) is 9.00. The smallest absolute Gasteiger partial charge is 0.300 e.